The maximum atomic E-state index is 12.6. The van der Waals surface area contributed by atoms with Crippen molar-refractivity contribution in [1.29, 1.82) is 0 Å². The highest BCUT2D eigenvalue weighted by Gasteiger charge is 2.26. The van der Waals surface area contributed by atoms with E-state index in [1.165, 1.54) is 0 Å². The van der Waals surface area contributed by atoms with Crippen LogP contribution in [0.3, 0.4) is 0 Å². The molecule has 13 nitrogen and oxygen atoms in total. The molecule has 0 saturated heterocycles. The Labute approximate surface area is 207 Å². The molecule has 0 aliphatic carbocycles. The molecule has 3 unspecified atom stereocenters. The van der Waals surface area contributed by atoms with Gasteiger partial charge in [-0.2, -0.15) is 0 Å². The molecule has 196 valence electrons. The summed E-state index contributed by atoms with van der Waals surface area (Å²) >= 11 is 0. The fourth-order valence-electron chi connectivity index (χ4n) is 3.58. The van der Waals surface area contributed by atoms with Crippen LogP contribution in [-0.4, -0.2) is 76.1 Å². The molecular weight excluding hydrogens is 472 g/mol. The Morgan fingerprint density at radius 3 is 2.36 bits per heavy atom. The monoisotopic (exact) mass is 504 g/mol. The molecule has 0 spiro atoms. The number of nitrogens with two attached hydrogens (primary N) is 2. The number of carboxylic acid groups (broad SMARTS) is 2. The molecule has 36 heavy (non-hydrogen) atoms. The van der Waals surface area contributed by atoms with Crippen LogP contribution in [-0.2, 0) is 30.4 Å². The smallest absolute Gasteiger partial charge is 0.326 e. The second kappa shape index (κ2) is 13.8. The summed E-state index contributed by atoms with van der Waals surface area (Å²) in [7, 11) is 0. The van der Waals surface area contributed by atoms with E-state index in [4.69, 9.17) is 16.6 Å². The predicted octanol–water partition coefficient (Wildman–Crippen LogP) is -1.19. The fraction of sp³-hybridized carbons (Fsp3) is 0.435. The van der Waals surface area contributed by atoms with Gasteiger partial charge in [0.2, 0.25) is 17.7 Å². The number of hydrogen-bond donors (Lipinski definition) is 8. The van der Waals surface area contributed by atoms with Gasteiger partial charge in [0.1, 0.15) is 12.1 Å². The number of aromatic nitrogens is 1. The Kier molecular flexibility index (Phi) is 10.8. The number of unbranched alkanes of at least 4 members (excludes halogenated alkanes) is 1. The number of hydrogen-bond acceptors (Lipinski definition) is 7. The van der Waals surface area contributed by atoms with Crippen LogP contribution < -0.4 is 27.4 Å². The third-order valence-corrected chi connectivity index (χ3v) is 5.47. The quantitative estimate of drug-likeness (QED) is 0.136. The number of para-hydroxylation sites is 1. The van der Waals surface area contributed by atoms with E-state index >= 15 is 0 Å². The van der Waals surface area contributed by atoms with Crippen LogP contribution in [0.2, 0.25) is 0 Å². The number of nitrogens with one attached hydrogen (secondary N) is 4. The molecule has 10 N–H and O–H groups in total. The first kappa shape index (κ1) is 28.3. The predicted molar refractivity (Wildman–Crippen MR) is 130 cm³/mol. The Morgan fingerprint density at radius 2 is 1.69 bits per heavy atom. The Bertz CT molecular complexity index is 1090. The van der Waals surface area contributed by atoms with Gasteiger partial charge in [-0.3, -0.25) is 19.2 Å². The van der Waals surface area contributed by atoms with Crippen LogP contribution in [0, 0.1) is 0 Å². The van der Waals surface area contributed by atoms with Gasteiger partial charge in [0.25, 0.3) is 0 Å². The molecule has 13 heteroatoms. The second-order valence-electron chi connectivity index (χ2n) is 8.29. The molecule has 2 aromatic rings. The third kappa shape index (κ3) is 8.67. The van der Waals surface area contributed by atoms with Crippen LogP contribution in [0.1, 0.15) is 31.2 Å². The average molecular weight is 505 g/mol. The van der Waals surface area contributed by atoms with Crippen molar-refractivity contribution in [2.24, 2.45) is 11.5 Å². The van der Waals surface area contributed by atoms with Gasteiger partial charge in [-0.25, -0.2) is 4.79 Å². The van der Waals surface area contributed by atoms with Crippen molar-refractivity contribution in [2.75, 3.05) is 13.1 Å². The lowest BCUT2D eigenvalue weighted by Crippen LogP contribution is -2.53. The molecule has 0 saturated carbocycles. The summed E-state index contributed by atoms with van der Waals surface area (Å²) < 4.78 is 0. The number of carbonyl (C=O) groups excluding carboxylic acids is 3. The van der Waals surface area contributed by atoms with E-state index in [0.717, 1.165) is 10.9 Å². The lowest BCUT2D eigenvalue weighted by molar-refractivity contribution is -0.141. The molecule has 0 bridgehead atoms. The zero-order valence-electron chi connectivity index (χ0n) is 19.7. The molecule has 2 rings (SSSR count). The zero-order chi connectivity index (χ0) is 26.7. The fourth-order valence-corrected chi connectivity index (χ4v) is 3.58. The van der Waals surface area contributed by atoms with Crippen LogP contribution >= 0.6 is 0 Å². The van der Waals surface area contributed by atoms with E-state index in [1.54, 1.807) is 6.20 Å². The standard InChI is InChI=1S/C23H32N6O7/c24-8-4-3-7-17(29-21(33)15(25)10-20(31)32)22(34)27-12-19(30)28-18(23(35)36)9-13-11-26-16-6-2-1-5-14(13)16/h1-2,5-6,11,15,17-18,26H,3-4,7-10,12,24-25H2,(H,27,34)(H,28,30)(H,29,33)(H,31,32)(H,35,36). The highest BCUT2D eigenvalue weighted by atomic mass is 16.4. The number of aliphatic carboxylic acids is 2. The van der Waals surface area contributed by atoms with Crippen molar-refractivity contribution in [2.45, 2.75) is 50.2 Å². The van der Waals surface area contributed by atoms with Crippen molar-refractivity contribution in [1.82, 2.24) is 20.9 Å². The topological polar surface area (TPSA) is 230 Å². The molecular formula is C23H32N6O7. The summed E-state index contributed by atoms with van der Waals surface area (Å²) in [5.74, 6) is -4.75. The van der Waals surface area contributed by atoms with E-state index in [9.17, 15) is 29.1 Å². The van der Waals surface area contributed by atoms with Crippen molar-refractivity contribution in [3.8, 4) is 0 Å². The first-order valence-corrected chi connectivity index (χ1v) is 11.4. The zero-order valence-corrected chi connectivity index (χ0v) is 19.7. The first-order valence-electron chi connectivity index (χ1n) is 11.4. The van der Waals surface area contributed by atoms with Gasteiger partial charge in [0, 0.05) is 23.5 Å². The number of carboxylic acids is 2. The molecule has 3 atom stereocenters. The number of rotatable bonds is 15. The minimum atomic E-state index is -1.35. The minimum Gasteiger partial charge on any atom is -0.481 e. The molecule has 0 fully saturated rings. The second-order valence-corrected chi connectivity index (χ2v) is 8.29. The molecule has 1 aromatic carbocycles. The summed E-state index contributed by atoms with van der Waals surface area (Å²) in [5, 5.41) is 26.4. The number of carbonyl (C=O) groups is 5. The lowest BCUT2D eigenvalue weighted by atomic mass is 10.0. The normalized spacial score (nSPS) is 13.4. The Morgan fingerprint density at radius 1 is 0.972 bits per heavy atom. The van der Waals surface area contributed by atoms with Gasteiger partial charge in [-0.1, -0.05) is 18.2 Å². The Balaban J connectivity index is 1.96. The Hall–Kier alpha value is -3.97. The summed E-state index contributed by atoms with van der Waals surface area (Å²) in [4.78, 5) is 62.8. The van der Waals surface area contributed by atoms with E-state index in [2.05, 4.69) is 20.9 Å². The average Bonchev–Trinajstić information content (AvgIpc) is 3.23. The number of amides is 3. The third-order valence-electron chi connectivity index (χ3n) is 5.47. The molecule has 0 radical (unpaired) electrons. The highest BCUT2D eigenvalue weighted by molar-refractivity contribution is 5.93. The van der Waals surface area contributed by atoms with Gasteiger partial charge < -0.3 is 42.6 Å². The first-order chi connectivity index (χ1) is 17.1. The van der Waals surface area contributed by atoms with Gasteiger partial charge >= 0.3 is 11.9 Å². The van der Waals surface area contributed by atoms with Gasteiger partial charge in [0.05, 0.1) is 19.0 Å². The number of aromatic amines is 1. The summed E-state index contributed by atoms with van der Waals surface area (Å²) in [6.45, 7) is -0.156. The number of H-pyrrole nitrogens is 1. The maximum Gasteiger partial charge on any atom is 0.326 e. The minimum absolute atomic E-state index is 0.0261. The molecule has 0 aliphatic rings. The highest BCUT2D eigenvalue weighted by Crippen LogP contribution is 2.19. The van der Waals surface area contributed by atoms with Crippen LogP contribution in [0.4, 0.5) is 0 Å². The summed E-state index contributed by atoms with van der Waals surface area (Å²) in [6.07, 6.45) is 2.35. The number of benzene rings is 1. The molecule has 3 amide bonds. The summed E-state index contributed by atoms with van der Waals surface area (Å²) in [5.41, 5.74) is 12.6. The van der Waals surface area contributed by atoms with Crippen molar-refractivity contribution < 1.29 is 34.2 Å². The summed E-state index contributed by atoms with van der Waals surface area (Å²) in [6, 6.07) is 3.69. The van der Waals surface area contributed by atoms with Crippen LogP contribution in [0.25, 0.3) is 10.9 Å². The van der Waals surface area contributed by atoms with Crippen LogP contribution in [0.5, 0.6) is 0 Å². The SMILES string of the molecule is NCCCCC(NC(=O)C(N)CC(=O)O)C(=O)NCC(=O)NC(Cc1c[nH]c2ccccc12)C(=O)O. The van der Waals surface area contributed by atoms with E-state index in [-0.39, 0.29) is 12.8 Å². The van der Waals surface area contributed by atoms with Crippen molar-refractivity contribution >= 4 is 40.6 Å². The van der Waals surface area contributed by atoms with Gasteiger partial charge in [0.15, 0.2) is 0 Å². The van der Waals surface area contributed by atoms with Gasteiger partial charge in [-0.05, 0) is 37.4 Å². The molecule has 1 heterocycles. The molecule has 0 aliphatic heterocycles. The van der Waals surface area contributed by atoms with Crippen molar-refractivity contribution in [3.63, 3.8) is 0 Å². The van der Waals surface area contributed by atoms with E-state index in [1.807, 2.05) is 24.3 Å². The molecule has 1 aromatic heterocycles. The lowest BCUT2D eigenvalue weighted by Gasteiger charge is -2.20. The van der Waals surface area contributed by atoms with E-state index in [0.29, 0.717) is 24.9 Å². The number of fused-ring (bicyclic) bond motifs is 1. The van der Waals surface area contributed by atoms with Crippen LogP contribution in [0.15, 0.2) is 30.5 Å². The van der Waals surface area contributed by atoms with Gasteiger partial charge in [-0.15, -0.1) is 0 Å². The largest absolute Gasteiger partial charge is 0.481 e. The van der Waals surface area contributed by atoms with Crippen molar-refractivity contribution in [3.05, 3.63) is 36.0 Å². The van der Waals surface area contributed by atoms with E-state index < -0.39 is 60.8 Å². The maximum absolute atomic E-state index is 12.6.